The summed E-state index contributed by atoms with van der Waals surface area (Å²) in [6.07, 6.45) is 15.9. The van der Waals surface area contributed by atoms with Gasteiger partial charge in [0.2, 0.25) is 0 Å². The van der Waals surface area contributed by atoms with Crippen LogP contribution in [-0.4, -0.2) is 30.6 Å². The third-order valence-corrected chi connectivity index (χ3v) is 10.7. The normalized spacial score (nSPS) is 48.4. The molecule has 0 saturated heterocycles. The van der Waals surface area contributed by atoms with E-state index < -0.39 is 5.41 Å². The van der Waals surface area contributed by atoms with Gasteiger partial charge in [-0.25, -0.2) is 0 Å². The van der Waals surface area contributed by atoms with Crippen LogP contribution in [0.1, 0.15) is 104 Å². The largest absolute Gasteiger partial charge is 0.459 e. The van der Waals surface area contributed by atoms with Crippen LogP contribution in [0.25, 0.3) is 0 Å². The summed E-state index contributed by atoms with van der Waals surface area (Å²) in [4.78, 5) is 13.0. The van der Waals surface area contributed by atoms with Crippen molar-refractivity contribution in [3.63, 3.8) is 0 Å². The van der Waals surface area contributed by atoms with Gasteiger partial charge in [-0.15, -0.1) is 0 Å². The summed E-state index contributed by atoms with van der Waals surface area (Å²) < 4.78 is 19.3. The van der Waals surface area contributed by atoms with Crippen molar-refractivity contribution in [1.29, 1.82) is 0 Å². The van der Waals surface area contributed by atoms with E-state index in [0.29, 0.717) is 24.0 Å². The topological polar surface area (TPSA) is 44.8 Å². The van der Waals surface area contributed by atoms with E-state index in [2.05, 4.69) is 6.92 Å². The van der Waals surface area contributed by atoms with Crippen molar-refractivity contribution < 1.29 is 19.0 Å². The first kappa shape index (κ1) is 21.9. The van der Waals surface area contributed by atoms with E-state index >= 15 is 0 Å². The maximum atomic E-state index is 13.0. The molecule has 0 aliphatic heterocycles. The fourth-order valence-corrected chi connectivity index (χ4v) is 9.76. The maximum absolute atomic E-state index is 13.0. The van der Waals surface area contributed by atoms with Gasteiger partial charge in [-0.05, 0) is 126 Å². The lowest BCUT2D eigenvalue weighted by Gasteiger charge is -2.61. The summed E-state index contributed by atoms with van der Waals surface area (Å²) in [5.41, 5.74) is -0.393. The fourth-order valence-electron chi connectivity index (χ4n) is 9.76. The van der Waals surface area contributed by atoms with Gasteiger partial charge in [0.25, 0.3) is 0 Å². The van der Waals surface area contributed by atoms with Gasteiger partial charge in [0, 0.05) is 6.42 Å². The van der Waals surface area contributed by atoms with Crippen LogP contribution in [0.3, 0.4) is 0 Å². The summed E-state index contributed by atoms with van der Waals surface area (Å²) in [5.74, 6) is 4.16. The Kier molecular flexibility index (Phi) is 5.09. The Morgan fingerprint density at radius 3 is 1.91 bits per heavy atom. The number of esters is 1. The summed E-state index contributed by atoms with van der Waals surface area (Å²) in [6, 6.07) is 0. The molecule has 2 atom stereocenters. The summed E-state index contributed by atoms with van der Waals surface area (Å²) in [5, 5.41) is 0. The zero-order chi connectivity index (χ0) is 22.2. The molecule has 4 nitrogen and oxygen atoms in total. The predicted molar refractivity (Wildman–Crippen MR) is 123 cm³/mol. The van der Waals surface area contributed by atoms with Crippen molar-refractivity contribution in [2.24, 2.45) is 40.4 Å². The van der Waals surface area contributed by atoms with E-state index in [-0.39, 0.29) is 17.2 Å². The highest BCUT2D eigenvalue weighted by Gasteiger charge is 2.61. The van der Waals surface area contributed by atoms with Gasteiger partial charge in [0.05, 0.1) is 17.6 Å². The minimum atomic E-state index is -0.404. The standard InChI is InChI=1S/C28H44O4/c1-4-25(2,3)24(29)32-28-14-22-8-23(15-28)13-27(12-22,16-28)31-18-30-17-26-9-19-5-20(10-26)7-21(6-19)11-26/h19-23H,4-18H2,1-3H3. The van der Waals surface area contributed by atoms with Crippen LogP contribution in [0, 0.1) is 40.4 Å². The van der Waals surface area contributed by atoms with Crippen molar-refractivity contribution in [3.8, 4) is 0 Å². The quantitative estimate of drug-likeness (QED) is 0.252. The van der Waals surface area contributed by atoms with E-state index in [4.69, 9.17) is 14.2 Å². The minimum absolute atomic E-state index is 0.0184. The van der Waals surface area contributed by atoms with Crippen LogP contribution >= 0.6 is 0 Å². The summed E-state index contributed by atoms with van der Waals surface area (Å²) >= 11 is 0. The van der Waals surface area contributed by atoms with Gasteiger partial charge in [-0.3, -0.25) is 4.79 Å². The van der Waals surface area contributed by atoms with Crippen LogP contribution in [0.2, 0.25) is 0 Å². The molecule has 0 aromatic carbocycles. The second-order valence-electron chi connectivity index (χ2n) is 14.0. The molecule has 8 rings (SSSR count). The molecule has 8 fully saturated rings. The number of carbonyl (C=O) groups is 1. The lowest BCUT2D eigenvalue weighted by atomic mass is 9.50. The Labute approximate surface area is 194 Å². The van der Waals surface area contributed by atoms with Gasteiger partial charge in [0.1, 0.15) is 12.4 Å². The van der Waals surface area contributed by atoms with Gasteiger partial charge in [-0.2, -0.15) is 0 Å². The van der Waals surface area contributed by atoms with Crippen molar-refractivity contribution >= 4 is 5.97 Å². The van der Waals surface area contributed by atoms with E-state index in [9.17, 15) is 4.79 Å². The molecule has 8 aliphatic rings. The molecule has 32 heavy (non-hydrogen) atoms. The molecule has 4 heteroatoms. The number of hydrogen-bond donors (Lipinski definition) is 0. The second-order valence-corrected chi connectivity index (χ2v) is 14.0. The van der Waals surface area contributed by atoms with E-state index in [1.165, 1.54) is 44.9 Å². The first-order chi connectivity index (χ1) is 15.2. The van der Waals surface area contributed by atoms with Crippen molar-refractivity contribution in [1.82, 2.24) is 0 Å². The van der Waals surface area contributed by atoms with E-state index in [0.717, 1.165) is 62.9 Å². The Balaban J connectivity index is 1.08. The van der Waals surface area contributed by atoms with Gasteiger partial charge in [-0.1, -0.05) is 6.92 Å². The Bertz CT molecular complexity index is 705. The van der Waals surface area contributed by atoms with Crippen LogP contribution in [0.4, 0.5) is 0 Å². The zero-order valence-electron chi connectivity index (χ0n) is 20.6. The number of rotatable bonds is 8. The molecule has 2 unspecified atom stereocenters. The molecule has 0 amide bonds. The first-order valence-electron chi connectivity index (χ1n) is 13.7. The lowest BCUT2D eigenvalue weighted by molar-refractivity contribution is -0.261. The Morgan fingerprint density at radius 2 is 1.34 bits per heavy atom. The fraction of sp³-hybridized carbons (Fsp3) is 0.964. The molecular weight excluding hydrogens is 400 g/mol. The smallest absolute Gasteiger partial charge is 0.312 e. The maximum Gasteiger partial charge on any atom is 0.312 e. The highest BCUT2D eigenvalue weighted by atomic mass is 16.7. The molecule has 0 N–H and O–H groups in total. The monoisotopic (exact) mass is 444 g/mol. The average Bonchev–Trinajstić information content (AvgIpc) is 2.69. The average molecular weight is 445 g/mol. The van der Waals surface area contributed by atoms with Crippen LogP contribution in [0.5, 0.6) is 0 Å². The molecule has 0 aromatic rings. The molecule has 0 radical (unpaired) electrons. The van der Waals surface area contributed by atoms with Crippen molar-refractivity contribution in [2.75, 3.05) is 13.4 Å². The molecule has 8 bridgehead atoms. The van der Waals surface area contributed by atoms with E-state index in [1.807, 2.05) is 13.8 Å². The molecular formula is C28H44O4. The molecule has 0 aromatic heterocycles. The first-order valence-corrected chi connectivity index (χ1v) is 13.7. The van der Waals surface area contributed by atoms with Crippen molar-refractivity contribution in [3.05, 3.63) is 0 Å². The molecule has 8 saturated carbocycles. The third-order valence-electron chi connectivity index (χ3n) is 10.7. The second kappa shape index (κ2) is 7.44. The highest BCUT2D eigenvalue weighted by molar-refractivity contribution is 5.76. The third kappa shape index (κ3) is 3.76. The lowest BCUT2D eigenvalue weighted by Crippen LogP contribution is -2.62. The predicted octanol–water partition coefficient (Wildman–Crippen LogP) is 6.26. The van der Waals surface area contributed by atoms with Gasteiger partial charge >= 0.3 is 5.97 Å². The van der Waals surface area contributed by atoms with Gasteiger partial charge in [0.15, 0.2) is 0 Å². The Morgan fingerprint density at radius 1 is 0.812 bits per heavy atom. The van der Waals surface area contributed by atoms with E-state index in [1.54, 1.807) is 0 Å². The summed E-state index contributed by atoms with van der Waals surface area (Å²) in [7, 11) is 0. The van der Waals surface area contributed by atoms with Gasteiger partial charge < -0.3 is 14.2 Å². The molecule has 0 spiro atoms. The Hall–Kier alpha value is -0.610. The minimum Gasteiger partial charge on any atom is -0.459 e. The van der Waals surface area contributed by atoms with Crippen molar-refractivity contribution in [2.45, 2.75) is 115 Å². The number of hydrogen-bond acceptors (Lipinski definition) is 4. The number of ether oxygens (including phenoxy) is 3. The van der Waals surface area contributed by atoms with Crippen LogP contribution in [0.15, 0.2) is 0 Å². The molecule has 180 valence electrons. The molecule has 0 heterocycles. The summed E-state index contributed by atoms with van der Waals surface area (Å²) in [6.45, 7) is 7.42. The zero-order valence-corrected chi connectivity index (χ0v) is 20.6. The molecule has 8 aliphatic carbocycles. The van der Waals surface area contributed by atoms with Crippen LogP contribution in [-0.2, 0) is 19.0 Å². The SMILES string of the molecule is CCC(C)(C)C(=O)OC12CC3CC(CC(OCOCC45CC6CC(CC(C6)C4)C5)(C3)C1)C2. The number of carbonyl (C=O) groups excluding carboxylic acids is 1. The van der Waals surface area contributed by atoms with Crippen LogP contribution < -0.4 is 0 Å². The highest BCUT2D eigenvalue weighted by Crippen LogP contribution is 2.61.